The predicted molar refractivity (Wildman–Crippen MR) is 140 cm³/mol. The van der Waals surface area contributed by atoms with E-state index in [1.807, 2.05) is 48.2 Å². The van der Waals surface area contributed by atoms with Gasteiger partial charge < -0.3 is 4.42 Å². The Bertz CT molecular complexity index is 1290. The number of aromatic nitrogens is 1. The van der Waals surface area contributed by atoms with Crippen molar-refractivity contribution in [1.29, 1.82) is 0 Å². The van der Waals surface area contributed by atoms with Gasteiger partial charge in [0, 0.05) is 23.4 Å². The third kappa shape index (κ3) is 4.95. The monoisotopic (exact) mass is 511 g/mol. The molecule has 1 saturated carbocycles. The second-order valence-corrected chi connectivity index (χ2v) is 10.3. The average molecular weight is 512 g/mol. The summed E-state index contributed by atoms with van der Waals surface area (Å²) in [6.07, 6.45) is 7.23. The number of carbonyl (C=O) groups excluding carboxylic acids is 1. The Morgan fingerprint density at radius 2 is 1.91 bits per heavy atom. The van der Waals surface area contributed by atoms with Crippen molar-refractivity contribution in [2.45, 2.75) is 45.1 Å². The van der Waals surface area contributed by atoms with E-state index in [0.717, 1.165) is 36.9 Å². The normalized spacial score (nSPS) is 19.5. The second-order valence-electron chi connectivity index (χ2n) is 8.44. The van der Waals surface area contributed by atoms with Crippen LogP contribution in [0.25, 0.3) is 17.4 Å². The predicted octanol–water partition coefficient (Wildman–Crippen LogP) is 7.89. The fourth-order valence-corrected chi connectivity index (χ4v) is 5.60. The van der Waals surface area contributed by atoms with Crippen molar-refractivity contribution in [2.75, 3.05) is 0 Å². The molecule has 0 bridgehead atoms. The molecule has 3 heterocycles. The van der Waals surface area contributed by atoms with E-state index in [1.165, 1.54) is 18.2 Å². The van der Waals surface area contributed by atoms with E-state index < -0.39 is 0 Å². The van der Waals surface area contributed by atoms with E-state index in [0.29, 0.717) is 37.5 Å². The fourth-order valence-electron chi connectivity index (χ4n) is 4.28. The van der Waals surface area contributed by atoms with Crippen LogP contribution in [0.2, 0.25) is 10.0 Å². The van der Waals surface area contributed by atoms with Gasteiger partial charge in [-0.1, -0.05) is 48.5 Å². The summed E-state index contributed by atoms with van der Waals surface area (Å²) in [5.41, 5.74) is 1.71. The molecule has 2 fully saturated rings. The Hall–Kier alpha value is -2.54. The standard InChI is InChI=1S/C26H23Cl2N3O2S/c1-16-6-5-9-24(29-16)30-26-31(18-7-3-2-4-8-18)25(32)23(34-26)15-19-11-13-22(33-19)17-10-12-20(27)21(28)14-17/h5-6,9-15,18H,2-4,7-8H2,1H3/b23-15+,30-26+. The molecule has 0 spiro atoms. The SMILES string of the molecule is Cc1cccc(/N=C2/S/C(=C/c3ccc(-c4ccc(Cl)c(Cl)c4)o3)C(=O)N2C2CCCCC2)n1. The maximum absolute atomic E-state index is 13.5. The van der Waals surface area contributed by atoms with Crippen LogP contribution in [0.3, 0.4) is 0 Å². The molecular formula is C26H23Cl2N3O2S. The molecule has 0 radical (unpaired) electrons. The Balaban J connectivity index is 1.46. The van der Waals surface area contributed by atoms with Gasteiger partial charge in [0.2, 0.25) is 0 Å². The minimum Gasteiger partial charge on any atom is -0.457 e. The fraction of sp³-hybridized carbons (Fsp3) is 0.269. The van der Waals surface area contributed by atoms with Crippen LogP contribution >= 0.6 is 35.0 Å². The lowest BCUT2D eigenvalue weighted by molar-refractivity contribution is -0.124. The van der Waals surface area contributed by atoms with Crippen LogP contribution in [-0.4, -0.2) is 27.0 Å². The number of nitrogens with zero attached hydrogens (tertiary/aromatic N) is 3. The van der Waals surface area contributed by atoms with Gasteiger partial charge in [-0.25, -0.2) is 9.98 Å². The molecule has 0 atom stereocenters. The third-order valence-electron chi connectivity index (χ3n) is 5.96. The highest BCUT2D eigenvalue weighted by atomic mass is 35.5. The quantitative estimate of drug-likeness (QED) is 0.334. The summed E-state index contributed by atoms with van der Waals surface area (Å²) in [6, 6.07) is 14.9. The lowest BCUT2D eigenvalue weighted by atomic mass is 9.94. The Morgan fingerprint density at radius 1 is 1.09 bits per heavy atom. The van der Waals surface area contributed by atoms with Gasteiger partial charge in [-0.05, 0) is 74.0 Å². The Labute approximate surface area is 212 Å². The van der Waals surface area contributed by atoms with Gasteiger partial charge in [0.25, 0.3) is 5.91 Å². The molecule has 2 aromatic heterocycles. The van der Waals surface area contributed by atoms with Gasteiger partial charge in [0.05, 0.1) is 15.0 Å². The number of benzene rings is 1. The van der Waals surface area contributed by atoms with Crippen LogP contribution in [-0.2, 0) is 4.79 Å². The first-order chi connectivity index (χ1) is 16.5. The number of furan rings is 1. The van der Waals surface area contributed by atoms with Crippen molar-refractivity contribution in [3.63, 3.8) is 0 Å². The van der Waals surface area contributed by atoms with Crippen molar-refractivity contribution < 1.29 is 9.21 Å². The summed E-state index contributed by atoms with van der Waals surface area (Å²) < 4.78 is 6.01. The lowest BCUT2D eigenvalue weighted by Gasteiger charge is -2.30. The van der Waals surface area contributed by atoms with E-state index in [2.05, 4.69) is 4.98 Å². The highest BCUT2D eigenvalue weighted by Crippen LogP contribution is 2.39. The van der Waals surface area contributed by atoms with E-state index in [1.54, 1.807) is 18.2 Å². The molecule has 1 aliphatic carbocycles. The topological polar surface area (TPSA) is 58.7 Å². The van der Waals surface area contributed by atoms with Crippen molar-refractivity contribution in [2.24, 2.45) is 4.99 Å². The molecule has 0 N–H and O–H groups in total. The van der Waals surface area contributed by atoms with Gasteiger partial charge >= 0.3 is 0 Å². The summed E-state index contributed by atoms with van der Waals surface area (Å²) in [6.45, 7) is 1.93. The van der Waals surface area contributed by atoms with Crippen molar-refractivity contribution in [3.8, 4) is 11.3 Å². The zero-order valence-electron chi connectivity index (χ0n) is 18.6. The number of hydrogen-bond donors (Lipinski definition) is 0. The highest BCUT2D eigenvalue weighted by Gasteiger charge is 2.39. The van der Waals surface area contributed by atoms with Gasteiger partial charge in [-0.15, -0.1) is 0 Å². The largest absolute Gasteiger partial charge is 0.457 e. The number of thioether (sulfide) groups is 1. The molecule has 5 rings (SSSR count). The number of halogens is 2. The maximum Gasteiger partial charge on any atom is 0.267 e. The van der Waals surface area contributed by atoms with Crippen LogP contribution in [0.1, 0.15) is 43.6 Å². The minimum atomic E-state index is -0.0317. The van der Waals surface area contributed by atoms with Crippen molar-refractivity contribution >= 4 is 57.9 Å². The van der Waals surface area contributed by atoms with E-state index in [-0.39, 0.29) is 11.9 Å². The van der Waals surface area contributed by atoms with Crippen molar-refractivity contribution in [1.82, 2.24) is 9.88 Å². The van der Waals surface area contributed by atoms with Crippen molar-refractivity contribution in [3.05, 3.63) is 74.9 Å². The van der Waals surface area contributed by atoms with Crippen LogP contribution < -0.4 is 0 Å². The van der Waals surface area contributed by atoms with Gasteiger partial charge in [-0.2, -0.15) is 0 Å². The van der Waals surface area contributed by atoms with Gasteiger partial charge in [-0.3, -0.25) is 9.69 Å². The summed E-state index contributed by atoms with van der Waals surface area (Å²) in [7, 11) is 0. The van der Waals surface area contributed by atoms with Crippen LogP contribution in [0, 0.1) is 6.92 Å². The second kappa shape index (κ2) is 9.98. The molecule has 1 saturated heterocycles. The zero-order valence-corrected chi connectivity index (χ0v) is 21.0. The van der Waals surface area contributed by atoms with Gasteiger partial charge in [0.1, 0.15) is 11.5 Å². The number of aliphatic imine (C=N–C) groups is 1. The van der Waals surface area contributed by atoms with E-state index in [4.69, 9.17) is 32.6 Å². The van der Waals surface area contributed by atoms with E-state index >= 15 is 0 Å². The minimum absolute atomic E-state index is 0.0317. The molecule has 2 aliphatic rings. The third-order valence-corrected chi connectivity index (χ3v) is 7.69. The molecular weight excluding hydrogens is 489 g/mol. The van der Waals surface area contributed by atoms with E-state index in [9.17, 15) is 4.79 Å². The van der Waals surface area contributed by atoms with Crippen LogP contribution in [0.15, 0.2) is 62.8 Å². The molecule has 1 aliphatic heterocycles. The number of rotatable bonds is 4. The molecule has 174 valence electrons. The Kier molecular flexibility index (Phi) is 6.82. The number of amides is 1. The molecule has 0 unspecified atom stereocenters. The first-order valence-corrected chi connectivity index (χ1v) is 12.9. The van der Waals surface area contributed by atoms with Crippen LogP contribution in [0.4, 0.5) is 5.82 Å². The number of aryl methyl sites for hydroxylation is 1. The molecule has 34 heavy (non-hydrogen) atoms. The maximum atomic E-state index is 13.5. The number of carbonyl (C=O) groups is 1. The lowest BCUT2D eigenvalue weighted by Crippen LogP contribution is -2.40. The Morgan fingerprint density at radius 3 is 2.68 bits per heavy atom. The molecule has 1 amide bonds. The van der Waals surface area contributed by atoms with Crippen LogP contribution in [0.5, 0.6) is 0 Å². The first-order valence-electron chi connectivity index (χ1n) is 11.3. The smallest absolute Gasteiger partial charge is 0.267 e. The highest BCUT2D eigenvalue weighted by molar-refractivity contribution is 8.18. The molecule has 8 heteroatoms. The first kappa shape index (κ1) is 23.2. The summed E-state index contributed by atoms with van der Waals surface area (Å²) in [5.74, 6) is 1.83. The summed E-state index contributed by atoms with van der Waals surface area (Å²) in [5, 5.41) is 1.63. The number of hydrogen-bond acceptors (Lipinski definition) is 5. The summed E-state index contributed by atoms with van der Waals surface area (Å²) in [4.78, 5) is 25.2. The molecule has 1 aromatic carbocycles. The summed E-state index contributed by atoms with van der Waals surface area (Å²) >= 11 is 13.6. The molecule has 5 nitrogen and oxygen atoms in total. The van der Waals surface area contributed by atoms with Gasteiger partial charge in [0.15, 0.2) is 11.0 Å². The average Bonchev–Trinajstić information content (AvgIpc) is 3.41. The molecule has 3 aromatic rings. The zero-order chi connectivity index (χ0) is 23.7. The number of pyridine rings is 1. The number of amidine groups is 1.